The predicted octanol–water partition coefficient (Wildman–Crippen LogP) is 4.33. The van der Waals surface area contributed by atoms with Gasteiger partial charge in [-0.15, -0.1) is 6.58 Å². The van der Waals surface area contributed by atoms with Gasteiger partial charge in [-0.2, -0.15) is 0 Å². The lowest BCUT2D eigenvalue weighted by Crippen LogP contribution is -2.32. The van der Waals surface area contributed by atoms with Gasteiger partial charge in [-0.25, -0.2) is 0 Å². The highest BCUT2D eigenvalue weighted by Crippen LogP contribution is 2.25. The van der Waals surface area contributed by atoms with E-state index in [0.29, 0.717) is 25.9 Å². The first-order chi connectivity index (χ1) is 11.7. The lowest BCUT2D eigenvalue weighted by molar-refractivity contribution is 0.0776. The molecule has 0 bridgehead atoms. The van der Waals surface area contributed by atoms with Crippen LogP contribution in [-0.4, -0.2) is 37.3 Å². The first kappa shape index (κ1) is 18.5. The number of nitrogens with zero attached hydrogens (tertiary/aromatic N) is 1. The summed E-state index contributed by atoms with van der Waals surface area (Å²) in [5.74, 6) is 0. The molecule has 1 atom stereocenters. The van der Waals surface area contributed by atoms with Crippen LogP contribution in [0.15, 0.2) is 66.9 Å². The Labute approximate surface area is 146 Å². The topological polar surface area (TPSA) is 21.7 Å². The van der Waals surface area contributed by atoms with Crippen LogP contribution in [0, 0.1) is 0 Å². The second-order valence-electron chi connectivity index (χ2n) is 6.15. The molecule has 0 unspecified atom stereocenters. The van der Waals surface area contributed by atoms with Gasteiger partial charge in [0.05, 0.1) is 32.5 Å². The highest BCUT2D eigenvalue weighted by molar-refractivity contribution is 5.26. The van der Waals surface area contributed by atoms with Crippen LogP contribution in [0.5, 0.6) is 0 Å². The van der Waals surface area contributed by atoms with Gasteiger partial charge in [-0.05, 0) is 30.9 Å². The molecule has 0 N–H and O–H groups in total. The summed E-state index contributed by atoms with van der Waals surface area (Å²) in [4.78, 5) is 2.38. The van der Waals surface area contributed by atoms with Crippen LogP contribution in [0.4, 0.5) is 0 Å². The summed E-state index contributed by atoms with van der Waals surface area (Å²) in [5, 5.41) is 0. The van der Waals surface area contributed by atoms with Crippen LogP contribution < -0.4 is 0 Å². The molecule has 24 heavy (non-hydrogen) atoms. The van der Waals surface area contributed by atoms with Gasteiger partial charge in [0.25, 0.3) is 0 Å². The van der Waals surface area contributed by atoms with Crippen LogP contribution >= 0.6 is 0 Å². The summed E-state index contributed by atoms with van der Waals surface area (Å²) in [7, 11) is 0. The monoisotopic (exact) mass is 327 g/mol. The van der Waals surface area contributed by atoms with Crippen LogP contribution in [0.25, 0.3) is 0 Å². The van der Waals surface area contributed by atoms with E-state index in [1.807, 2.05) is 18.2 Å². The van der Waals surface area contributed by atoms with Gasteiger partial charge in [-0.3, -0.25) is 0 Å². The van der Waals surface area contributed by atoms with E-state index in [9.17, 15) is 0 Å². The summed E-state index contributed by atoms with van der Waals surface area (Å²) >= 11 is 0. The molecule has 2 rings (SSSR count). The third-order valence-electron chi connectivity index (χ3n) is 4.34. The van der Waals surface area contributed by atoms with E-state index in [1.165, 1.54) is 17.6 Å². The number of hydrogen-bond acceptors (Lipinski definition) is 3. The van der Waals surface area contributed by atoms with Crippen molar-refractivity contribution in [3.05, 3.63) is 72.5 Å². The number of ether oxygens (including phenoxy) is 2. The minimum absolute atomic E-state index is 0.415. The first-order valence-electron chi connectivity index (χ1n) is 8.65. The molecule has 1 fully saturated rings. The zero-order chi connectivity index (χ0) is 17.2. The molecule has 0 saturated carbocycles. The average Bonchev–Trinajstić information content (AvgIpc) is 3.07. The molecule has 1 aliphatic heterocycles. The van der Waals surface area contributed by atoms with E-state index in [1.54, 1.807) is 6.08 Å². The normalized spacial score (nSPS) is 18.0. The van der Waals surface area contributed by atoms with Crippen LogP contribution in [0.3, 0.4) is 0 Å². The average molecular weight is 327 g/mol. The minimum atomic E-state index is 0.415. The molecule has 0 spiro atoms. The van der Waals surface area contributed by atoms with Crippen molar-refractivity contribution in [2.45, 2.75) is 32.4 Å². The number of hydrogen-bond donors (Lipinski definition) is 0. The van der Waals surface area contributed by atoms with Crippen molar-refractivity contribution < 1.29 is 9.47 Å². The fraction of sp³-hybridized carbons (Fsp3) is 0.429. The Kier molecular flexibility index (Phi) is 7.80. The molecule has 0 radical (unpaired) electrons. The van der Waals surface area contributed by atoms with Crippen LogP contribution in [0.2, 0.25) is 0 Å². The Morgan fingerprint density at radius 3 is 2.79 bits per heavy atom. The van der Waals surface area contributed by atoms with Crippen molar-refractivity contribution in [1.29, 1.82) is 0 Å². The standard InChI is InChI=1S/C21H29NO2/c1-4-14-23-15-12-18(2)19(3)22-13-8-11-21(22)17-24-16-20-9-6-5-7-10-20/h4-7,9-10,12,21H,1,3,8,11,13-17H2,2H3/b18-12+/t21-/m0/s1. The van der Waals surface area contributed by atoms with Gasteiger partial charge in [0.1, 0.15) is 0 Å². The summed E-state index contributed by atoms with van der Waals surface area (Å²) in [5.41, 5.74) is 3.48. The van der Waals surface area contributed by atoms with E-state index in [0.717, 1.165) is 25.3 Å². The number of benzene rings is 1. The van der Waals surface area contributed by atoms with Crippen LogP contribution in [0.1, 0.15) is 25.3 Å². The minimum Gasteiger partial charge on any atom is -0.375 e. The molecule has 1 saturated heterocycles. The Morgan fingerprint density at radius 2 is 2.04 bits per heavy atom. The van der Waals surface area contributed by atoms with E-state index in [4.69, 9.17) is 9.47 Å². The Balaban J connectivity index is 1.80. The number of likely N-dealkylation sites (tertiary alicyclic amines) is 1. The maximum absolute atomic E-state index is 5.94. The van der Waals surface area contributed by atoms with Crippen molar-refractivity contribution in [1.82, 2.24) is 4.90 Å². The largest absolute Gasteiger partial charge is 0.375 e. The molecule has 3 nitrogen and oxygen atoms in total. The van der Waals surface area contributed by atoms with E-state index >= 15 is 0 Å². The van der Waals surface area contributed by atoms with Gasteiger partial charge < -0.3 is 14.4 Å². The van der Waals surface area contributed by atoms with Crippen LogP contribution in [-0.2, 0) is 16.1 Å². The number of allylic oxidation sites excluding steroid dienone is 1. The Morgan fingerprint density at radius 1 is 1.25 bits per heavy atom. The van der Waals surface area contributed by atoms with Gasteiger partial charge in [0.15, 0.2) is 0 Å². The molecule has 0 amide bonds. The van der Waals surface area contributed by atoms with E-state index < -0.39 is 0 Å². The van der Waals surface area contributed by atoms with E-state index in [-0.39, 0.29) is 0 Å². The summed E-state index contributed by atoms with van der Waals surface area (Å²) in [6.45, 7) is 13.7. The number of rotatable bonds is 10. The fourth-order valence-corrected chi connectivity index (χ4v) is 2.93. The highest BCUT2D eigenvalue weighted by atomic mass is 16.5. The molecule has 1 aromatic rings. The molecule has 0 aliphatic carbocycles. The van der Waals surface area contributed by atoms with Crippen molar-refractivity contribution in [3.8, 4) is 0 Å². The summed E-state index contributed by atoms with van der Waals surface area (Å²) in [6, 6.07) is 10.7. The second kappa shape index (κ2) is 10.1. The molecular weight excluding hydrogens is 298 g/mol. The van der Waals surface area contributed by atoms with Gasteiger partial charge in [0.2, 0.25) is 0 Å². The van der Waals surface area contributed by atoms with Crippen molar-refractivity contribution >= 4 is 0 Å². The maximum Gasteiger partial charge on any atom is 0.0717 e. The quantitative estimate of drug-likeness (QED) is 0.363. The van der Waals surface area contributed by atoms with E-state index in [2.05, 4.69) is 43.2 Å². The Bertz CT molecular complexity index is 550. The molecule has 3 heteroatoms. The molecule has 1 heterocycles. The predicted molar refractivity (Wildman–Crippen MR) is 99.7 cm³/mol. The van der Waals surface area contributed by atoms with Crippen molar-refractivity contribution in [3.63, 3.8) is 0 Å². The van der Waals surface area contributed by atoms with Gasteiger partial charge >= 0.3 is 0 Å². The lowest BCUT2D eigenvalue weighted by Gasteiger charge is -2.29. The fourth-order valence-electron chi connectivity index (χ4n) is 2.93. The lowest BCUT2D eigenvalue weighted by atomic mass is 10.1. The third kappa shape index (κ3) is 5.66. The highest BCUT2D eigenvalue weighted by Gasteiger charge is 2.26. The van der Waals surface area contributed by atoms with Crippen molar-refractivity contribution in [2.24, 2.45) is 0 Å². The Hall–Kier alpha value is -1.84. The molecule has 1 aromatic carbocycles. The first-order valence-corrected chi connectivity index (χ1v) is 8.65. The molecular formula is C21H29NO2. The zero-order valence-corrected chi connectivity index (χ0v) is 14.7. The maximum atomic E-state index is 5.94. The smallest absolute Gasteiger partial charge is 0.0717 e. The summed E-state index contributed by atoms with van der Waals surface area (Å²) < 4.78 is 11.4. The zero-order valence-electron chi connectivity index (χ0n) is 14.7. The molecule has 130 valence electrons. The summed E-state index contributed by atoms with van der Waals surface area (Å²) in [6.07, 6.45) is 6.21. The molecule has 0 aromatic heterocycles. The van der Waals surface area contributed by atoms with Gasteiger partial charge in [-0.1, -0.05) is 49.1 Å². The van der Waals surface area contributed by atoms with Crippen molar-refractivity contribution in [2.75, 3.05) is 26.4 Å². The SMILES string of the molecule is C=CCOC/C=C(\C)C(=C)N1CCC[C@H]1COCc1ccccc1. The second-order valence-corrected chi connectivity index (χ2v) is 6.15. The third-order valence-corrected chi connectivity index (χ3v) is 4.34. The molecule has 1 aliphatic rings. The van der Waals surface area contributed by atoms with Gasteiger partial charge in [0, 0.05) is 12.2 Å².